The predicted octanol–water partition coefficient (Wildman–Crippen LogP) is 3.23. The molecule has 0 bridgehead atoms. The summed E-state index contributed by atoms with van der Waals surface area (Å²) < 4.78 is 11.5. The summed E-state index contributed by atoms with van der Waals surface area (Å²) in [5, 5.41) is 10.3. The van der Waals surface area contributed by atoms with Crippen LogP contribution in [-0.2, 0) is 6.54 Å². The number of piperidine rings is 2. The summed E-state index contributed by atoms with van der Waals surface area (Å²) in [4.78, 5) is 7.40. The zero-order chi connectivity index (χ0) is 22.2. The smallest absolute Gasteiger partial charge is 0.161 e. The van der Waals surface area contributed by atoms with Crippen molar-refractivity contribution in [2.45, 2.75) is 70.7 Å². The second-order valence-corrected chi connectivity index (χ2v) is 9.59. The first-order valence-electron chi connectivity index (χ1n) is 12.1. The zero-order valence-corrected chi connectivity index (χ0v) is 20.1. The Hall–Kier alpha value is -1.34. The SMILES string of the molecule is COc1cc(CN2CCC(N3CCCCC3)CC2)ccc1OCC(O)CN(C)C(C)C. The Morgan fingerprint density at radius 2 is 1.77 bits per heavy atom. The molecule has 2 saturated heterocycles. The molecule has 2 fully saturated rings. The Bertz CT molecular complexity index is 655. The third-order valence-electron chi connectivity index (χ3n) is 6.91. The van der Waals surface area contributed by atoms with E-state index in [0.29, 0.717) is 18.3 Å². The van der Waals surface area contributed by atoms with Crippen molar-refractivity contribution in [2.24, 2.45) is 0 Å². The zero-order valence-electron chi connectivity index (χ0n) is 20.1. The number of aliphatic hydroxyl groups is 1. The Balaban J connectivity index is 1.47. The highest BCUT2D eigenvalue weighted by Gasteiger charge is 2.25. The van der Waals surface area contributed by atoms with Crippen LogP contribution in [0, 0.1) is 0 Å². The molecule has 0 spiro atoms. The molecule has 2 heterocycles. The van der Waals surface area contributed by atoms with Gasteiger partial charge in [-0.1, -0.05) is 12.5 Å². The number of benzene rings is 1. The summed E-state index contributed by atoms with van der Waals surface area (Å²) in [6.07, 6.45) is 6.19. The normalized spacial score (nSPS) is 20.4. The van der Waals surface area contributed by atoms with Crippen molar-refractivity contribution in [3.05, 3.63) is 23.8 Å². The van der Waals surface area contributed by atoms with Crippen LogP contribution in [-0.4, -0.2) is 91.5 Å². The second-order valence-electron chi connectivity index (χ2n) is 9.59. The van der Waals surface area contributed by atoms with E-state index >= 15 is 0 Å². The molecule has 1 aromatic carbocycles. The fourth-order valence-electron chi connectivity index (χ4n) is 4.70. The van der Waals surface area contributed by atoms with E-state index in [9.17, 15) is 5.11 Å². The van der Waals surface area contributed by atoms with Crippen LogP contribution in [0.1, 0.15) is 51.5 Å². The molecule has 1 unspecified atom stereocenters. The van der Waals surface area contributed by atoms with E-state index in [0.717, 1.165) is 31.4 Å². The minimum Gasteiger partial charge on any atom is -0.493 e. The standard InChI is InChI=1S/C25H43N3O3/c1-20(2)26(3)18-23(29)19-31-24-9-8-21(16-25(24)30-4)17-27-14-10-22(11-15-27)28-12-6-5-7-13-28/h8-9,16,20,22-23,29H,5-7,10-15,17-19H2,1-4H3. The largest absolute Gasteiger partial charge is 0.493 e. The van der Waals surface area contributed by atoms with E-state index in [2.05, 4.69) is 40.7 Å². The molecule has 176 valence electrons. The van der Waals surface area contributed by atoms with E-state index < -0.39 is 6.10 Å². The number of likely N-dealkylation sites (N-methyl/N-ethyl adjacent to an activating group) is 1. The maximum atomic E-state index is 10.3. The van der Waals surface area contributed by atoms with Gasteiger partial charge in [-0.3, -0.25) is 4.90 Å². The van der Waals surface area contributed by atoms with Crippen LogP contribution in [0.3, 0.4) is 0 Å². The monoisotopic (exact) mass is 433 g/mol. The molecule has 2 aliphatic heterocycles. The van der Waals surface area contributed by atoms with Crippen molar-refractivity contribution < 1.29 is 14.6 Å². The lowest BCUT2D eigenvalue weighted by Crippen LogP contribution is -2.46. The van der Waals surface area contributed by atoms with Crippen molar-refractivity contribution in [2.75, 3.05) is 53.5 Å². The number of hydrogen-bond donors (Lipinski definition) is 1. The minimum absolute atomic E-state index is 0.261. The van der Waals surface area contributed by atoms with Crippen molar-refractivity contribution in [3.63, 3.8) is 0 Å². The molecule has 1 atom stereocenters. The number of aliphatic hydroxyl groups excluding tert-OH is 1. The van der Waals surface area contributed by atoms with E-state index in [1.54, 1.807) is 7.11 Å². The van der Waals surface area contributed by atoms with Gasteiger partial charge in [-0.05, 0) is 90.5 Å². The number of rotatable bonds is 10. The highest BCUT2D eigenvalue weighted by atomic mass is 16.5. The molecular formula is C25H43N3O3. The molecular weight excluding hydrogens is 390 g/mol. The lowest BCUT2D eigenvalue weighted by molar-refractivity contribution is 0.0668. The summed E-state index contributed by atoms with van der Waals surface area (Å²) in [7, 11) is 3.69. The van der Waals surface area contributed by atoms with Crippen molar-refractivity contribution in [3.8, 4) is 11.5 Å². The van der Waals surface area contributed by atoms with Gasteiger partial charge in [-0.2, -0.15) is 0 Å². The van der Waals surface area contributed by atoms with Crippen molar-refractivity contribution >= 4 is 0 Å². The molecule has 6 nitrogen and oxygen atoms in total. The van der Waals surface area contributed by atoms with Gasteiger partial charge >= 0.3 is 0 Å². The van der Waals surface area contributed by atoms with Gasteiger partial charge < -0.3 is 24.4 Å². The minimum atomic E-state index is -0.530. The lowest BCUT2D eigenvalue weighted by Gasteiger charge is -2.40. The van der Waals surface area contributed by atoms with Gasteiger partial charge in [0.2, 0.25) is 0 Å². The van der Waals surface area contributed by atoms with Crippen LogP contribution < -0.4 is 9.47 Å². The fraction of sp³-hybridized carbons (Fsp3) is 0.760. The maximum absolute atomic E-state index is 10.3. The van der Waals surface area contributed by atoms with Gasteiger partial charge in [0.05, 0.1) is 7.11 Å². The third-order valence-corrected chi connectivity index (χ3v) is 6.91. The molecule has 6 heteroatoms. The van der Waals surface area contributed by atoms with Gasteiger partial charge in [0.25, 0.3) is 0 Å². The molecule has 0 saturated carbocycles. The molecule has 0 radical (unpaired) electrons. The molecule has 1 aromatic rings. The number of ether oxygens (including phenoxy) is 2. The van der Waals surface area contributed by atoms with Crippen LogP contribution in [0.5, 0.6) is 11.5 Å². The van der Waals surface area contributed by atoms with Gasteiger partial charge in [-0.15, -0.1) is 0 Å². The first-order chi connectivity index (χ1) is 15.0. The topological polar surface area (TPSA) is 48.4 Å². The fourth-order valence-corrected chi connectivity index (χ4v) is 4.70. The van der Waals surface area contributed by atoms with Crippen molar-refractivity contribution in [1.29, 1.82) is 0 Å². The number of hydrogen-bond acceptors (Lipinski definition) is 6. The Kier molecular flexibility index (Phi) is 9.45. The molecule has 1 N–H and O–H groups in total. The van der Waals surface area contributed by atoms with Gasteiger partial charge in [0, 0.05) is 25.2 Å². The molecule has 3 rings (SSSR count). The number of nitrogens with zero attached hydrogens (tertiary/aromatic N) is 3. The number of methoxy groups -OCH3 is 1. The van der Waals surface area contributed by atoms with Gasteiger partial charge in [0.1, 0.15) is 12.7 Å². The summed E-state index contributed by atoms with van der Waals surface area (Å²) in [6.45, 7) is 11.0. The first-order valence-corrected chi connectivity index (χ1v) is 12.1. The van der Waals surface area contributed by atoms with Crippen LogP contribution in [0.25, 0.3) is 0 Å². The average molecular weight is 434 g/mol. The summed E-state index contributed by atoms with van der Waals surface area (Å²) in [5.74, 6) is 1.44. The molecule has 0 aromatic heterocycles. The Morgan fingerprint density at radius 3 is 2.42 bits per heavy atom. The lowest BCUT2D eigenvalue weighted by atomic mass is 9.99. The second kappa shape index (κ2) is 12.0. The van der Waals surface area contributed by atoms with Crippen LogP contribution >= 0.6 is 0 Å². The third kappa shape index (κ3) is 7.35. The summed E-state index contributed by atoms with van der Waals surface area (Å²) in [6, 6.07) is 7.37. The van der Waals surface area contributed by atoms with Crippen LogP contribution in [0.2, 0.25) is 0 Å². The van der Waals surface area contributed by atoms with E-state index in [-0.39, 0.29) is 6.61 Å². The van der Waals surface area contributed by atoms with Crippen LogP contribution in [0.4, 0.5) is 0 Å². The number of likely N-dealkylation sites (tertiary alicyclic amines) is 2. The highest BCUT2D eigenvalue weighted by Crippen LogP contribution is 2.29. The van der Waals surface area contributed by atoms with E-state index in [1.165, 1.54) is 50.8 Å². The van der Waals surface area contributed by atoms with Crippen LogP contribution in [0.15, 0.2) is 18.2 Å². The summed E-state index contributed by atoms with van der Waals surface area (Å²) >= 11 is 0. The Morgan fingerprint density at radius 1 is 1.06 bits per heavy atom. The molecule has 2 aliphatic rings. The highest BCUT2D eigenvalue weighted by molar-refractivity contribution is 5.43. The van der Waals surface area contributed by atoms with Gasteiger partial charge in [-0.25, -0.2) is 0 Å². The summed E-state index contributed by atoms with van der Waals surface area (Å²) in [5.41, 5.74) is 1.25. The van der Waals surface area contributed by atoms with E-state index in [1.807, 2.05) is 13.1 Å². The molecule has 31 heavy (non-hydrogen) atoms. The quantitative estimate of drug-likeness (QED) is 0.611. The van der Waals surface area contributed by atoms with Crippen molar-refractivity contribution in [1.82, 2.24) is 14.7 Å². The Labute approximate surface area is 189 Å². The average Bonchev–Trinajstić information content (AvgIpc) is 2.79. The van der Waals surface area contributed by atoms with Gasteiger partial charge in [0.15, 0.2) is 11.5 Å². The predicted molar refractivity (Wildman–Crippen MR) is 126 cm³/mol. The molecule has 0 amide bonds. The van der Waals surface area contributed by atoms with E-state index in [4.69, 9.17) is 9.47 Å². The maximum Gasteiger partial charge on any atom is 0.161 e. The molecule has 0 aliphatic carbocycles. The first kappa shape index (κ1) is 24.3.